The molecule has 0 amide bonds. The molecule has 0 heterocycles. The molecule has 0 bridgehead atoms. The lowest BCUT2D eigenvalue weighted by atomic mass is 9.89. The molecule has 2 saturated carbocycles. The first kappa shape index (κ1) is 10.5. The molecule has 82 valence electrons. The molecule has 2 fully saturated rings. The van der Waals surface area contributed by atoms with E-state index in [2.05, 4.69) is 26.2 Å². The van der Waals surface area contributed by atoms with Crippen molar-refractivity contribution < 1.29 is 0 Å². The van der Waals surface area contributed by atoms with Crippen LogP contribution in [0.3, 0.4) is 0 Å². The highest BCUT2D eigenvalue weighted by molar-refractivity contribution is 4.98. The number of fused-ring (bicyclic) bond motifs is 1. The van der Waals surface area contributed by atoms with E-state index < -0.39 is 0 Å². The number of hydrogen-bond donors (Lipinski definition) is 1. The Kier molecular flexibility index (Phi) is 3.16. The van der Waals surface area contributed by atoms with Gasteiger partial charge in [0.15, 0.2) is 0 Å². The summed E-state index contributed by atoms with van der Waals surface area (Å²) in [5.41, 5.74) is 0. The van der Waals surface area contributed by atoms with Crippen LogP contribution < -0.4 is 5.32 Å². The average molecular weight is 195 g/mol. The van der Waals surface area contributed by atoms with E-state index in [1.54, 1.807) is 6.42 Å². The van der Waals surface area contributed by atoms with E-state index in [9.17, 15) is 0 Å². The van der Waals surface area contributed by atoms with E-state index in [0.717, 1.165) is 29.7 Å². The fourth-order valence-corrected chi connectivity index (χ4v) is 3.22. The van der Waals surface area contributed by atoms with Crippen LogP contribution in [0.1, 0.15) is 46.0 Å². The van der Waals surface area contributed by atoms with Crippen LogP contribution in [0.15, 0.2) is 0 Å². The van der Waals surface area contributed by atoms with Crippen molar-refractivity contribution in [2.24, 2.45) is 23.7 Å². The van der Waals surface area contributed by atoms with E-state index in [-0.39, 0.29) is 0 Å². The molecule has 3 atom stereocenters. The SMILES string of the molecule is CNC(CCC(C)C)C1CC2CC2C1. The maximum absolute atomic E-state index is 3.54. The van der Waals surface area contributed by atoms with Gasteiger partial charge in [-0.05, 0) is 62.8 Å². The molecule has 1 N–H and O–H groups in total. The van der Waals surface area contributed by atoms with Gasteiger partial charge in [0.25, 0.3) is 0 Å². The number of rotatable bonds is 5. The first-order valence-electron chi connectivity index (χ1n) is 6.38. The second-order valence-corrected chi connectivity index (χ2v) is 5.85. The molecule has 0 aromatic heterocycles. The van der Waals surface area contributed by atoms with Gasteiger partial charge in [0.2, 0.25) is 0 Å². The zero-order valence-electron chi connectivity index (χ0n) is 9.92. The summed E-state index contributed by atoms with van der Waals surface area (Å²) >= 11 is 0. The summed E-state index contributed by atoms with van der Waals surface area (Å²) < 4.78 is 0. The van der Waals surface area contributed by atoms with E-state index in [1.165, 1.54) is 25.7 Å². The molecule has 2 rings (SSSR count). The molecule has 1 heteroatoms. The predicted molar refractivity (Wildman–Crippen MR) is 61.2 cm³/mol. The van der Waals surface area contributed by atoms with Crippen LogP contribution in [-0.4, -0.2) is 13.1 Å². The highest BCUT2D eigenvalue weighted by Gasteiger charge is 2.47. The van der Waals surface area contributed by atoms with Crippen LogP contribution in [-0.2, 0) is 0 Å². The Bertz CT molecular complexity index is 178. The third kappa shape index (κ3) is 2.31. The minimum absolute atomic E-state index is 0.810. The minimum atomic E-state index is 0.810. The summed E-state index contributed by atoms with van der Waals surface area (Å²) in [7, 11) is 2.15. The van der Waals surface area contributed by atoms with Crippen molar-refractivity contribution in [2.75, 3.05) is 7.05 Å². The average Bonchev–Trinajstić information content (AvgIpc) is 2.75. The fourth-order valence-electron chi connectivity index (χ4n) is 3.22. The zero-order chi connectivity index (χ0) is 10.1. The van der Waals surface area contributed by atoms with Gasteiger partial charge >= 0.3 is 0 Å². The van der Waals surface area contributed by atoms with Gasteiger partial charge in [-0.3, -0.25) is 0 Å². The predicted octanol–water partition coefficient (Wildman–Crippen LogP) is 3.06. The molecule has 14 heavy (non-hydrogen) atoms. The van der Waals surface area contributed by atoms with Gasteiger partial charge in [-0.15, -0.1) is 0 Å². The third-order valence-corrected chi connectivity index (χ3v) is 4.27. The second-order valence-electron chi connectivity index (χ2n) is 5.85. The molecule has 0 aliphatic heterocycles. The summed E-state index contributed by atoms with van der Waals surface area (Å²) in [5, 5.41) is 3.54. The van der Waals surface area contributed by atoms with Crippen LogP contribution in [0.25, 0.3) is 0 Å². The van der Waals surface area contributed by atoms with Crippen molar-refractivity contribution in [3.05, 3.63) is 0 Å². The summed E-state index contributed by atoms with van der Waals surface area (Å²) in [6.07, 6.45) is 7.37. The van der Waals surface area contributed by atoms with Crippen molar-refractivity contribution in [3.8, 4) is 0 Å². The zero-order valence-corrected chi connectivity index (χ0v) is 9.92. The molecule has 1 nitrogen and oxygen atoms in total. The summed E-state index contributed by atoms with van der Waals surface area (Å²) in [5.74, 6) is 4.13. The monoisotopic (exact) mass is 195 g/mol. The van der Waals surface area contributed by atoms with Crippen molar-refractivity contribution in [1.29, 1.82) is 0 Å². The molecular weight excluding hydrogens is 170 g/mol. The Morgan fingerprint density at radius 2 is 1.71 bits per heavy atom. The number of hydrogen-bond acceptors (Lipinski definition) is 1. The molecule has 3 unspecified atom stereocenters. The highest BCUT2D eigenvalue weighted by Crippen LogP contribution is 2.55. The maximum atomic E-state index is 3.54. The Hall–Kier alpha value is -0.0400. The van der Waals surface area contributed by atoms with Crippen LogP contribution in [0.4, 0.5) is 0 Å². The summed E-state index contributed by atoms with van der Waals surface area (Å²) in [4.78, 5) is 0. The van der Waals surface area contributed by atoms with Crippen LogP contribution in [0.2, 0.25) is 0 Å². The lowest BCUT2D eigenvalue weighted by Crippen LogP contribution is -2.33. The molecule has 2 aliphatic rings. The normalized spacial score (nSPS) is 37.3. The molecular formula is C13H25N. The highest BCUT2D eigenvalue weighted by atomic mass is 14.9. The first-order valence-corrected chi connectivity index (χ1v) is 6.38. The second kappa shape index (κ2) is 4.22. The van der Waals surface area contributed by atoms with Crippen molar-refractivity contribution in [3.63, 3.8) is 0 Å². The minimum Gasteiger partial charge on any atom is -0.317 e. The standard InChI is InChI=1S/C13H25N/c1-9(2)4-5-13(14-3)12-7-10-6-11(10)8-12/h9-14H,4-8H2,1-3H3. The summed E-state index contributed by atoms with van der Waals surface area (Å²) in [6.45, 7) is 4.66. The maximum Gasteiger partial charge on any atom is 0.00926 e. The largest absolute Gasteiger partial charge is 0.317 e. The van der Waals surface area contributed by atoms with E-state index in [0.29, 0.717) is 0 Å². The van der Waals surface area contributed by atoms with Gasteiger partial charge in [0.1, 0.15) is 0 Å². The topological polar surface area (TPSA) is 12.0 Å². The third-order valence-electron chi connectivity index (χ3n) is 4.27. The van der Waals surface area contributed by atoms with Crippen LogP contribution in [0.5, 0.6) is 0 Å². The van der Waals surface area contributed by atoms with Gasteiger partial charge in [-0.1, -0.05) is 13.8 Å². The van der Waals surface area contributed by atoms with E-state index in [4.69, 9.17) is 0 Å². The Morgan fingerprint density at radius 1 is 1.07 bits per heavy atom. The Labute approximate surface area is 88.7 Å². The Morgan fingerprint density at radius 3 is 2.21 bits per heavy atom. The summed E-state index contributed by atoms with van der Waals surface area (Å²) in [6, 6.07) is 0.810. The van der Waals surface area contributed by atoms with Gasteiger partial charge in [-0.2, -0.15) is 0 Å². The molecule has 0 spiro atoms. The van der Waals surface area contributed by atoms with Crippen molar-refractivity contribution in [2.45, 2.75) is 52.0 Å². The van der Waals surface area contributed by atoms with E-state index in [1.807, 2.05) is 0 Å². The van der Waals surface area contributed by atoms with Gasteiger partial charge in [-0.25, -0.2) is 0 Å². The first-order chi connectivity index (χ1) is 6.70. The molecule has 0 aromatic carbocycles. The van der Waals surface area contributed by atoms with Gasteiger partial charge in [0.05, 0.1) is 0 Å². The lowest BCUT2D eigenvalue weighted by molar-refractivity contribution is 0.316. The van der Waals surface area contributed by atoms with E-state index >= 15 is 0 Å². The van der Waals surface area contributed by atoms with Crippen LogP contribution >= 0.6 is 0 Å². The van der Waals surface area contributed by atoms with Crippen molar-refractivity contribution in [1.82, 2.24) is 5.32 Å². The van der Waals surface area contributed by atoms with Crippen molar-refractivity contribution >= 4 is 0 Å². The lowest BCUT2D eigenvalue weighted by Gasteiger charge is -2.25. The van der Waals surface area contributed by atoms with Gasteiger partial charge < -0.3 is 5.32 Å². The quantitative estimate of drug-likeness (QED) is 0.711. The van der Waals surface area contributed by atoms with Crippen LogP contribution in [0, 0.1) is 23.7 Å². The number of nitrogens with one attached hydrogen (secondary N) is 1. The molecule has 0 saturated heterocycles. The fraction of sp³-hybridized carbons (Fsp3) is 1.00. The molecule has 0 aromatic rings. The molecule has 2 aliphatic carbocycles. The Balaban J connectivity index is 1.74. The smallest absolute Gasteiger partial charge is 0.00926 e. The van der Waals surface area contributed by atoms with Gasteiger partial charge in [0, 0.05) is 6.04 Å². The molecule has 0 radical (unpaired) electrons.